The van der Waals surface area contributed by atoms with Crippen LogP contribution in [0.2, 0.25) is 0 Å². The Labute approximate surface area is 163 Å². The van der Waals surface area contributed by atoms with Gasteiger partial charge in [0.25, 0.3) is 0 Å². The van der Waals surface area contributed by atoms with Crippen molar-refractivity contribution in [1.82, 2.24) is 19.7 Å². The lowest BCUT2D eigenvalue weighted by atomic mass is 9.87. The van der Waals surface area contributed by atoms with E-state index < -0.39 is 0 Å². The average Bonchev–Trinajstić information content (AvgIpc) is 2.67. The number of likely N-dealkylation sites (tertiary alicyclic amines) is 1. The second-order valence-corrected chi connectivity index (χ2v) is 8.35. The number of piperidine rings is 1. The minimum absolute atomic E-state index is 0.0192. The molecule has 1 saturated carbocycles. The first-order chi connectivity index (χ1) is 13.0. The lowest BCUT2D eigenvalue weighted by molar-refractivity contribution is 0.0443. The molecule has 0 radical (unpaired) electrons. The van der Waals surface area contributed by atoms with Crippen LogP contribution in [0.3, 0.4) is 0 Å². The number of urea groups is 1. The van der Waals surface area contributed by atoms with Crippen molar-refractivity contribution in [2.45, 2.75) is 63.6 Å². The quantitative estimate of drug-likeness (QED) is 0.881. The van der Waals surface area contributed by atoms with Crippen LogP contribution < -0.4 is 5.32 Å². The molecule has 1 aromatic heterocycles. The van der Waals surface area contributed by atoms with Crippen LogP contribution in [-0.2, 0) is 0 Å². The van der Waals surface area contributed by atoms with Gasteiger partial charge < -0.3 is 15.1 Å². The molecule has 0 aromatic carbocycles. The number of anilines is 1. The van der Waals surface area contributed by atoms with Gasteiger partial charge in [0.15, 0.2) is 0 Å². The summed E-state index contributed by atoms with van der Waals surface area (Å²) in [5.41, 5.74) is 1.73. The number of aryl methyl sites for hydroxylation is 1. The molecular formula is C21H35N5O. The molecule has 1 aromatic rings. The van der Waals surface area contributed by atoms with E-state index in [2.05, 4.69) is 34.2 Å². The SMILES string of the molecule is Cc1cc(NC(=O)N(C)C2CCCCC2N(C)C2CCN(C)CC2)ccn1. The summed E-state index contributed by atoms with van der Waals surface area (Å²) >= 11 is 0. The van der Waals surface area contributed by atoms with Gasteiger partial charge in [0.05, 0.1) is 0 Å². The summed E-state index contributed by atoms with van der Waals surface area (Å²) < 4.78 is 0. The summed E-state index contributed by atoms with van der Waals surface area (Å²) in [6.07, 6.45) is 8.92. The molecule has 1 aliphatic heterocycles. The molecule has 1 saturated heterocycles. The van der Waals surface area contributed by atoms with E-state index in [1.807, 2.05) is 31.0 Å². The maximum absolute atomic E-state index is 12.9. The lowest BCUT2D eigenvalue weighted by Gasteiger charge is -2.46. The predicted octanol–water partition coefficient (Wildman–Crippen LogP) is 3.19. The Hall–Kier alpha value is -1.66. The smallest absolute Gasteiger partial charge is 0.321 e. The molecule has 1 aliphatic carbocycles. The molecule has 2 amide bonds. The first-order valence-corrected chi connectivity index (χ1v) is 10.3. The predicted molar refractivity (Wildman–Crippen MR) is 110 cm³/mol. The highest BCUT2D eigenvalue weighted by molar-refractivity contribution is 5.89. The highest BCUT2D eigenvalue weighted by Gasteiger charge is 2.36. The van der Waals surface area contributed by atoms with Crippen LogP contribution in [0, 0.1) is 6.92 Å². The third-order valence-electron chi connectivity index (χ3n) is 6.45. The van der Waals surface area contributed by atoms with Crippen molar-refractivity contribution in [3.63, 3.8) is 0 Å². The van der Waals surface area contributed by atoms with Crippen LogP contribution in [0.4, 0.5) is 10.5 Å². The van der Waals surface area contributed by atoms with E-state index in [4.69, 9.17) is 0 Å². The number of nitrogens with one attached hydrogen (secondary N) is 1. The van der Waals surface area contributed by atoms with Crippen LogP contribution in [-0.4, -0.2) is 78.1 Å². The molecule has 3 rings (SSSR count). The van der Waals surface area contributed by atoms with Crippen LogP contribution in [0.15, 0.2) is 18.3 Å². The minimum Gasteiger partial charge on any atom is -0.323 e. The van der Waals surface area contributed by atoms with Gasteiger partial charge in [-0.15, -0.1) is 0 Å². The summed E-state index contributed by atoms with van der Waals surface area (Å²) in [4.78, 5) is 24.0. The molecule has 150 valence electrons. The molecule has 2 heterocycles. The number of hydrogen-bond donors (Lipinski definition) is 1. The summed E-state index contributed by atoms with van der Waals surface area (Å²) in [5.74, 6) is 0. The van der Waals surface area contributed by atoms with E-state index in [-0.39, 0.29) is 12.1 Å². The van der Waals surface area contributed by atoms with E-state index in [1.54, 1.807) is 6.20 Å². The summed E-state index contributed by atoms with van der Waals surface area (Å²) in [5, 5.41) is 3.05. The standard InChI is InChI=1S/C21H35N5O/c1-16-15-17(9-12-22-16)23-21(27)26(4)20-8-6-5-7-19(20)25(3)18-10-13-24(2)14-11-18/h9,12,15,18-20H,5-8,10-11,13-14H2,1-4H3,(H,22,23,27). The fourth-order valence-electron chi connectivity index (χ4n) is 4.68. The highest BCUT2D eigenvalue weighted by Crippen LogP contribution is 2.29. The molecule has 1 N–H and O–H groups in total. The molecule has 2 fully saturated rings. The van der Waals surface area contributed by atoms with Gasteiger partial charge >= 0.3 is 6.03 Å². The van der Waals surface area contributed by atoms with Gasteiger partial charge in [0.2, 0.25) is 0 Å². The van der Waals surface area contributed by atoms with Crippen LogP contribution in [0.1, 0.15) is 44.2 Å². The number of hydrogen-bond acceptors (Lipinski definition) is 4. The Morgan fingerprint density at radius 3 is 2.48 bits per heavy atom. The first-order valence-electron chi connectivity index (χ1n) is 10.3. The molecule has 27 heavy (non-hydrogen) atoms. The zero-order valence-corrected chi connectivity index (χ0v) is 17.3. The van der Waals surface area contributed by atoms with Crippen molar-refractivity contribution >= 4 is 11.7 Å². The lowest BCUT2D eigenvalue weighted by Crippen LogP contribution is -2.57. The Kier molecular flexibility index (Phi) is 6.71. The number of rotatable bonds is 4. The fourth-order valence-corrected chi connectivity index (χ4v) is 4.68. The highest BCUT2D eigenvalue weighted by atomic mass is 16.2. The molecule has 2 unspecified atom stereocenters. The number of amides is 2. The Balaban J connectivity index is 1.65. The largest absolute Gasteiger partial charge is 0.323 e. The first kappa shape index (κ1) is 20.1. The van der Waals surface area contributed by atoms with Gasteiger partial charge in [0.1, 0.15) is 0 Å². The number of carbonyl (C=O) groups is 1. The number of likely N-dealkylation sites (N-methyl/N-ethyl adjacent to an activating group) is 2. The Bertz CT molecular complexity index is 629. The van der Waals surface area contributed by atoms with E-state index in [0.717, 1.165) is 17.8 Å². The molecular weight excluding hydrogens is 338 g/mol. The monoisotopic (exact) mass is 373 g/mol. The second kappa shape index (κ2) is 9.02. The number of nitrogens with zero attached hydrogens (tertiary/aromatic N) is 4. The van der Waals surface area contributed by atoms with E-state index in [1.165, 1.54) is 45.2 Å². The minimum atomic E-state index is -0.0192. The second-order valence-electron chi connectivity index (χ2n) is 8.35. The van der Waals surface area contributed by atoms with Gasteiger partial charge in [-0.05, 0) is 71.9 Å². The van der Waals surface area contributed by atoms with Gasteiger partial charge in [-0.1, -0.05) is 12.8 Å². The van der Waals surface area contributed by atoms with E-state index >= 15 is 0 Å². The average molecular weight is 374 g/mol. The maximum atomic E-state index is 12.9. The van der Waals surface area contributed by atoms with Crippen LogP contribution in [0.5, 0.6) is 0 Å². The van der Waals surface area contributed by atoms with Crippen molar-refractivity contribution in [1.29, 1.82) is 0 Å². The molecule has 0 spiro atoms. The normalized spacial score (nSPS) is 24.8. The Morgan fingerprint density at radius 1 is 1.15 bits per heavy atom. The van der Waals surface area contributed by atoms with Gasteiger partial charge in [-0.3, -0.25) is 9.88 Å². The van der Waals surface area contributed by atoms with E-state index in [0.29, 0.717) is 12.1 Å². The number of pyridine rings is 1. The van der Waals surface area contributed by atoms with Gasteiger partial charge in [0, 0.05) is 42.8 Å². The summed E-state index contributed by atoms with van der Waals surface area (Å²) in [6.45, 7) is 4.28. The third kappa shape index (κ3) is 4.99. The number of aromatic nitrogens is 1. The molecule has 2 atom stereocenters. The summed E-state index contributed by atoms with van der Waals surface area (Å²) in [6, 6.07) is 5.09. The van der Waals surface area contributed by atoms with Gasteiger partial charge in [-0.25, -0.2) is 4.79 Å². The molecule has 0 bridgehead atoms. The van der Waals surface area contributed by atoms with Crippen molar-refractivity contribution in [3.05, 3.63) is 24.0 Å². The van der Waals surface area contributed by atoms with Crippen molar-refractivity contribution in [3.8, 4) is 0 Å². The topological polar surface area (TPSA) is 51.7 Å². The fraction of sp³-hybridized carbons (Fsp3) is 0.714. The zero-order valence-electron chi connectivity index (χ0n) is 17.3. The van der Waals surface area contributed by atoms with Crippen LogP contribution in [0.25, 0.3) is 0 Å². The van der Waals surface area contributed by atoms with E-state index in [9.17, 15) is 4.79 Å². The van der Waals surface area contributed by atoms with Crippen LogP contribution >= 0.6 is 0 Å². The molecule has 2 aliphatic rings. The molecule has 6 heteroatoms. The van der Waals surface area contributed by atoms with Gasteiger partial charge in [-0.2, -0.15) is 0 Å². The van der Waals surface area contributed by atoms with Crippen molar-refractivity contribution < 1.29 is 4.79 Å². The summed E-state index contributed by atoms with van der Waals surface area (Å²) in [7, 11) is 6.43. The number of carbonyl (C=O) groups excluding carboxylic acids is 1. The Morgan fingerprint density at radius 2 is 1.81 bits per heavy atom. The maximum Gasteiger partial charge on any atom is 0.321 e. The molecule has 6 nitrogen and oxygen atoms in total. The third-order valence-corrected chi connectivity index (χ3v) is 6.45. The zero-order chi connectivity index (χ0) is 19.4. The van der Waals surface area contributed by atoms with Crippen molar-refractivity contribution in [2.75, 3.05) is 39.5 Å². The van der Waals surface area contributed by atoms with Crippen molar-refractivity contribution in [2.24, 2.45) is 0 Å².